The minimum Gasteiger partial charge on any atom is -0.480 e. The SMILES string of the molecule is COc1cnc(C(=O)Nc2ccc(F)c([C@]3(C)CS(=O)(=O)C4(CCCCC4)C(=N)N3)c2)cn1. The van der Waals surface area contributed by atoms with Gasteiger partial charge in [0.25, 0.3) is 5.91 Å². The summed E-state index contributed by atoms with van der Waals surface area (Å²) in [6.45, 7) is 1.56. The van der Waals surface area contributed by atoms with Gasteiger partial charge in [-0.2, -0.15) is 0 Å². The zero-order chi connectivity index (χ0) is 23.9. The smallest absolute Gasteiger partial charge is 0.275 e. The van der Waals surface area contributed by atoms with Gasteiger partial charge in [0, 0.05) is 11.3 Å². The van der Waals surface area contributed by atoms with Gasteiger partial charge in [-0.05, 0) is 38.0 Å². The Labute approximate surface area is 191 Å². The van der Waals surface area contributed by atoms with E-state index >= 15 is 0 Å². The van der Waals surface area contributed by atoms with Crippen molar-refractivity contribution in [1.29, 1.82) is 5.41 Å². The summed E-state index contributed by atoms with van der Waals surface area (Å²) in [4.78, 5) is 20.4. The van der Waals surface area contributed by atoms with Crippen LogP contribution in [0.1, 0.15) is 55.1 Å². The van der Waals surface area contributed by atoms with Gasteiger partial charge in [-0.15, -0.1) is 0 Å². The Morgan fingerprint density at radius 1 is 1.21 bits per heavy atom. The third-order valence-electron chi connectivity index (χ3n) is 6.48. The number of benzene rings is 1. The highest BCUT2D eigenvalue weighted by Gasteiger charge is 2.56. The molecule has 1 amide bonds. The van der Waals surface area contributed by atoms with Crippen LogP contribution >= 0.6 is 0 Å². The summed E-state index contributed by atoms with van der Waals surface area (Å²) >= 11 is 0. The predicted molar refractivity (Wildman–Crippen MR) is 121 cm³/mol. The molecule has 1 aromatic carbocycles. The first-order chi connectivity index (χ1) is 15.6. The number of ether oxygens (including phenoxy) is 1. The summed E-state index contributed by atoms with van der Waals surface area (Å²) in [6.07, 6.45) is 5.78. The molecule has 0 unspecified atom stereocenters. The number of methoxy groups -OCH3 is 1. The van der Waals surface area contributed by atoms with Crippen LogP contribution in [0, 0.1) is 11.2 Å². The predicted octanol–water partition coefficient (Wildman–Crippen LogP) is 2.79. The first-order valence-corrected chi connectivity index (χ1v) is 12.3. The molecule has 176 valence electrons. The average Bonchev–Trinajstić information content (AvgIpc) is 2.79. The molecule has 1 saturated heterocycles. The van der Waals surface area contributed by atoms with E-state index in [-0.39, 0.29) is 34.4 Å². The second-order valence-corrected chi connectivity index (χ2v) is 11.0. The number of carbonyl (C=O) groups is 1. The molecule has 2 aliphatic rings. The van der Waals surface area contributed by atoms with E-state index in [0.29, 0.717) is 12.8 Å². The van der Waals surface area contributed by atoms with Crippen molar-refractivity contribution in [2.75, 3.05) is 18.2 Å². The molecule has 1 aliphatic heterocycles. The lowest BCUT2D eigenvalue weighted by Gasteiger charge is -2.47. The molecule has 3 N–H and O–H groups in total. The molecule has 2 aromatic rings. The number of aromatic nitrogens is 2. The Balaban J connectivity index is 1.62. The van der Waals surface area contributed by atoms with Gasteiger partial charge in [0.15, 0.2) is 9.84 Å². The van der Waals surface area contributed by atoms with Crippen LogP contribution in [0.4, 0.5) is 10.1 Å². The van der Waals surface area contributed by atoms with Gasteiger partial charge in [0.05, 0.1) is 30.8 Å². The van der Waals surface area contributed by atoms with E-state index in [4.69, 9.17) is 10.1 Å². The minimum absolute atomic E-state index is 0.0345. The van der Waals surface area contributed by atoms with Crippen LogP contribution in [0.5, 0.6) is 5.88 Å². The number of sulfone groups is 1. The fourth-order valence-electron chi connectivity index (χ4n) is 4.69. The molecule has 0 radical (unpaired) electrons. The highest BCUT2D eigenvalue weighted by atomic mass is 32.2. The van der Waals surface area contributed by atoms with Crippen LogP contribution in [0.3, 0.4) is 0 Å². The highest BCUT2D eigenvalue weighted by Crippen LogP contribution is 2.43. The van der Waals surface area contributed by atoms with E-state index in [9.17, 15) is 17.6 Å². The molecule has 1 saturated carbocycles. The van der Waals surface area contributed by atoms with Gasteiger partial charge in [0.1, 0.15) is 22.1 Å². The number of hydrogen-bond acceptors (Lipinski definition) is 7. The van der Waals surface area contributed by atoms with E-state index in [0.717, 1.165) is 19.3 Å². The molecule has 9 nitrogen and oxygen atoms in total. The number of anilines is 1. The number of nitrogens with one attached hydrogen (secondary N) is 3. The van der Waals surface area contributed by atoms with E-state index in [2.05, 4.69) is 20.6 Å². The second-order valence-electron chi connectivity index (χ2n) is 8.74. The number of amides is 1. The summed E-state index contributed by atoms with van der Waals surface area (Å²) < 4.78 is 45.3. The molecule has 0 bridgehead atoms. The van der Waals surface area contributed by atoms with Crippen molar-refractivity contribution in [1.82, 2.24) is 15.3 Å². The first-order valence-electron chi connectivity index (χ1n) is 10.7. The third-order valence-corrected chi connectivity index (χ3v) is 9.24. The molecule has 33 heavy (non-hydrogen) atoms. The molecule has 1 aliphatic carbocycles. The number of amidine groups is 1. The number of carbonyl (C=O) groups excluding carboxylic acids is 1. The number of hydrogen-bond donors (Lipinski definition) is 3. The van der Waals surface area contributed by atoms with Gasteiger partial charge in [0.2, 0.25) is 5.88 Å². The lowest BCUT2D eigenvalue weighted by atomic mass is 9.84. The topological polar surface area (TPSA) is 134 Å². The summed E-state index contributed by atoms with van der Waals surface area (Å²) in [5.74, 6) is -1.37. The van der Waals surface area contributed by atoms with E-state index < -0.39 is 31.8 Å². The van der Waals surface area contributed by atoms with Crippen molar-refractivity contribution in [3.8, 4) is 5.88 Å². The van der Waals surface area contributed by atoms with Crippen molar-refractivity contribution in [3.63, 3.8) is 0 Å². The zero-order valence-electron chi connectivity index (χ0n) is 18.4. The normalized spacial score (nSPS) is 23.5. The molecular weight excluding hydrogens is 449 g/mol. The third kappa shape index (κ3) is 4.05. The van der Waals surface area contributed by atoms with E-state index in [1.54, 1.807) is 6.92 Å². The number of halogens is 1. The van der Waals surface area contributed by atoms with Crippen molar-refractivity contribution in [2.45, 2.75) is 49.3 Å². The molecule has 1 aromatic heterocycles. The van der Waals surface area contributed by atoms with Crippen molar-refractivity contribution in [2.24, 2.45) is 0 Å². The molecule has 2 heterocycles. The fourth-order valence-corrected chi connectivity index (χ4v) is 7.23. The Morgan fingerprint density at radius 3 is 2.55 bits per heavy atom. The molecule has 1 atom stereocenters. The summed E-state index contributed by atoms with van der Waals surface area (Å²) in [7, 11) is -2.29. The van der Waals surface area contributed by atoms with Crippen LogP contribution in [-0.4, -0.2) is 47.7 Å². The largest absolute Gasteiger partial charge is 0.480 e. The molecule has 11 heteroatoms. The number of nitrogens with zero attached hydrogens (tertiary/aromatic N) is 2. The van der Waals surface area contributed by atoms with Crippen molar-refractivity contribution >= 4 is 27.3 Å². The zero-order valence-corrected chi connectivity index (χ0v) is 19.3. The first kappa shape index (κ1) is 23.1. The lowest BCUT2D eigenvalue weighted by molar-refractivity contribution is 0.102. The van der Waals surface area contributed by atoms with Gasteiger partial charge in [-0.25, -0.2) is 22.8 Å². The quantitative estimate of drug-likeness (QED) is 0.619. The van der Waals surface area contributed by atoms with Gasteiger partial charge in [-0.3, -0.25) is 10.2 Å². The Hall–Kier alpha value is -3.08. The van der Waals surface area contributed by atoms with Crippen LogP contribution in [-0.2, 0) is 15.4 Å². The molecule has 2 fully saturated rings. The Morgan fingerprint density at radius 2 is 1.94 bits per heavy atom. The number of rotatable bonds is 4. The summed E-state index contributed by atoms with van der Waals surface area (Å²) in [5.41, 5.74) is -1.00. The summed E-state index contributed by atoms with van der Waals surface area (Å²) in [5, 5.41) is 14.2. The van der Waals surface area contributed by atoms with Crippen LogP contribution in [0.25, 0.3) is 0 Å². The monoisotopic (exact) mass is 475 g/mol. The molecular formula is C22H26FN5O4S. The van der Waals surface area contributed by atoms with Gasteiger partial charge in [-0.1, -0.05) is 19.3 Å². The van der Waals surface area contributed by atoms with Crippen LogP contribution in [0.2, 0.25) is 0 Å². The van der Waals surface area contributed by atoms with Gasteiger partial charge >= 0.3 is 0 Å². The maximum absolute atomic E-state index is 14.9. The highest BCUT2D eigenvalue weighted by molar-refractivity contribution is 7.93. The maximum atomic E-state index is 14.9. The lowest BCUT2D eigenvalue weighted by Crippen LogP contribution is -2.66. The van der Waals surface area contributed by atoms with Crippen LogP contribution < -0.4 is 15.4 Å². The van der Waals surface area contributed by atoms with E-state index in [1.807, 2.05) is 0 Å². The van der Waals surface area contributed by atoms with Crippen LogP contribution in [0.15, 0.2) is 30.6 Å². The Bertz CT molecular complexity index is 1200. The second kappa shape index (κ2) is 8.36. The van der Waals surface area contributed by atoms with Crippen molar-refractivity contribution < 1.29 is 22.3 Å². The minimum atomic E-state index is -3.72. The summed E-state index contributed by atoms with van der Waals surface area (Å²) in [6, 6.07) is 3.93. The molecule has 4 rings (SSSR count). The fraction of sp³-hybridized carbons (Fsp3) is 0.455. The standard InChI is InChI=1S/C22H26FN5O4S/c1-21(13-33(30,31)22(20(24)28-21)8-4-3-5-9-22)15-10-14(6-7-16(15)23)27-19(29)17-11-26-18(32-2)12-25-17/h6-7,10-12H,3-5,8-9,13H2,1-2H3,(H2,24,28)(H,27,29)/t21-/m0/s1. The van der Waals surface area contributed by atoms with E-state index in [1.165, 1.54) is 37.7 Å². The Kier molecular flexibility index (Phi) is 5.85. The molecule has 1 spiro atoms. The van der Waals surface area contributed by atoms with Crippen molar-refractivity contribution in [3.05, 3.63) is 47.7 Å². The van der Waals surface area contributed by atoms with Gasteiger partial charge < -0.3 is 15.4 Å². The maximum Gasteiger partial charge on any atom is 0.275 e. The average molecular weight is 476 g/mol.